The molecule has 2 bridgehead atoms. The van der Waals surface area contributed by atoms with Crippen molar-refractivity contribution >= 4 is 17.0 Å². The molecular weight excluding hydrogens is 430 g/mol. The van der Waals surface area contributed by atoms with E-state index < -0.39 is 0 Å². The number of anilines is 2. The number of rotatable bonds is 5. The highest BCUT2D eigenvalue weighted by Gasteiger charge is 2.38. The van der Waals surface area contributed by atoms with Crippen LogP contribution in [0.5, 0.6) is 5.75 Å². The molecule has 2 fully saturated rings. The largest absolute Gasteiger partial charge is 0.488 e. The third-order valence-corrected chi connectivity index (χ3v) is 6.89. The van der Waals surface area contributed by atoms with Crippen molar-refractivity contribution < 1.29 is 9.47 Å². The predicted octanol–water partition coefficient (Wildman–Crippen LogP) is 3.42. The van der Waals surface area contributed by atoms with Gasteiger partial charge in [0.15, 0.2) is 5.82 Å². The highest BCUT2D eigenvalue weighted by molar-refractivity contribution is 5.75. The van der Waals surface area contributed by atoms with E-state index >= 15 is 0 Å². The number of nitrogens with zero attached hydrogens (tertiary/aromatic N) is 6. The number of aryl methyl sites for hydroxylation is 2. The van der Waals surface area contributed by atoms with Crippen LogP contribution in [0.15, 0.2) is 49.1 Å². The molecular formula is C25H29N7O2. The first kappa shape index (κ1) is 21.1. The molecule has 0 aromatic carbocycles. The lowest BCUT2D eigenvalue weighted by molar-refractivity contribution is -0.0879. The number of fused-ring (bicyclic) bond motifs is 3. The maximum Gasteiger partial charge on any atom is 0.153 e. The second-order valence-corrected chi connectivity index (χ2v) is 9.39. The van der Waals surface area contributed by atoms with Crippen molar-refractivity contribution in [2.45, 2.75) is 38.0 Å². The Balaban J connectivity index is 1.28. The van der Waals surface area contributed by atoms with Gasteiger partial charge in [-0.2, -0.15) is 10.2 Å². The van der Waals surface area contributed by atoms with E-state index in [9.17, 15) is 0 Å². The van der Waals surface area contributed by atoms with E-state index in [1.54, 1.807) is 10.9 Å². The van der Waals surface area contributed by atoms with Gasteiger partial charge in [-0.15, -0.1) is 0 Å². The average Bonchev–Trinajstić information content (AvgIpc) is 3.40. The van der Waals surface area contributed by atoms with Crippen molar-refractivity contribution in [2.24, 2.45) is 7.05 Å². The van der Waals surface area contributed by atoms with Gasteiger partial charge in [-0.3, -0.25) is 14.6 Å². The summed E-state index contributed by atoms with van der Waals surface area (Å²) >= 11 is 0. The van der Waals surface area contributed by atoms with E-state index in [0.29, 0.717) is 12.1 Å². The number of nitrogens with one attached hydrogen (secondary N) is 1. The molecule has 34 heavy (non-hydrogen) atoms. The number of hydrogen-bond acceptors (Lipinski definition) is 7. The predicted molar refractivity (Wildman–Crippen MR) is 129 cm³/mol. The van der Waals surface area contributed by atoms with Gasteiger partial charge >= 0.3 is 0 Å². The molecule has 2 aliphatic heterocycles. The van der Waals surface area contributed by atoms with Crippen LogP contribution in [0.25, 0.3) is 16.6 Å². The van der Waals surface area contributed by atoms with Gasteiger partial charge in [-0.1, -0.05) is 0 Å². The average molecular weight is 460 g/mol. The van der Waals surface area contributed by atoms with Gasteiger partial charge in [0, 0.05) is 61.7 Å². The van der Waals surface area contributed by atoms with E-state index in [0.717, 1.165) is 65.6 Å². The second-order valence-electron chi connectivity index (χ2n) is 9.39. The topological polar surface area (TPSA) is 81.7 Å². The van der Waals surface area contributed by atoms with E-state index in [2.05, 4.69) is 50.6 Å². The van der Waals surface area contributed by atoms with Crippen LogP contribution in [0.1, 0.15) is 18.5 Å². The maximum atomic E-state index is 6.59. The summed E-state index contributed by atoms with van der Waals surface area (Å²) < 4.78 is 16.0. The molecule has 9 heteroatoms. The molecule has 4 aromatic rings. The molecule has 176 valence electrons. The van der Waals surface area contributed by atoms with Gasteiger partial charge in [0.1, 0.15) is 11.9 Å². The fourth-order valence-corrected chi connectivity index (χ4v) is 5.04. The van der Waals surface area contributed by atoms with Gasteiger partial charge < -0.3 is 14.8 Å². The number of pyridine rings is 2. The van der Waals surface area contributed by atoms with Gasteiger partial charge in [0.2, 0.25) is 0 Å². The van der Waals surface area contributed by atoms with Crippen LogP contribution in [0.2, 0.25) is 0 Å². The second kappa shape index (κ2) is 8.41. The molecule has 6 rings (SSSR count). The van der Waals surface area contributed by atoms with Crippen molar-refractivity contribution in [2.75, 3.05) is 25.6 Å². The van der Waals surface area contributed by atoms with Crippen LogP contribution in [0.3, 0.4) is 0 Å². The van der Waals surface area contributed by atoms with Gasteiger partial charge in [0.25, 0.3) is 0 Å². The van der Waals surface area contributed by atoms with Crippen molar-refractivity contribution in [3.8, 4) is 16.9 Å². The summed E-state index contributed by atoms with van der Waals surface area (Å²) in [6, 6.07) is 9.17. The fourth-order valence-electron chi connectivity index (χ4n) is 5.04. The summed E-state index contributed by atoms with van der Waals surface area (Å²) in [5.74, 6) is 1.60. The van der Waals surface area contributed by atoms with Crippen molar-refractivity contribution in [1.29, 1.82) is 0 Å². The maximum absolute atomic E-state index is 6.59. The Bertz CT molecular complexity index is 1320. The van der Waals surface area contributed by atoms with E-state index in [1.807, 2.05) is 43.1 Å². The van der Waals surface area contributed by atoms with E-state index in [-0.39, 0.29) is 6.10 Å². The normalized spacial score (nSPS) is 22.7. The van der Waals surface area contributed by atoms with Crippen LogP contribution in [0.4, 0.5) is 11.5 Å². The van der Waals surface area contributed by atoms with Crippen LogP contribution >= 0.6 is 0 Å². The number of piperidine rings is 1. The standard InChI is InChI=1S/C25H29N7O2/c1-16-6-23(24(12-26-16)34-22-8-20-14-33-15-21(9-22)31(20)3)17-4-5-32-19(7-17)10-25(29-32)28-18-11-27-30(2)13-18/h4-7,10-13,20-22H,8-9,14-15H2,1-3H3,(H,28,29)/t20-,21+,22?. The third kappa shape index (κ3) is 4.01. The number of likely N-dealkylation sites (N-methyl/N-ethyl adjacent to an activating group) is 1. The lowest BCUT2D eigenvalue weighted by Gasteiger charge is -2.46. The summed E-state index contributed by atoms with van der Waals surface area (Å²) in [5, 5.41) is 12.1. The minimum Gasteiger partial charge on any atom is -0.488 e. The molecule has 2 aliphatic rings. The number of aromatic nitrogens is 5. The Kier molecular flexibility index (Phi) is 5.23. The summed E-state index contributed by atoms with van der Waals surface area (Å²) in [6.45, 7) is 3.57. The number of hydrogen-bond donors (Lipinski definition) is 1. The van der Waals surface area contributed by atoms with Crippen LogP contribution in [0, 0.1) is 6.92 Å². The first-order valence-corrected chi connectivity index (χ1v) is 11.7. The molecule has 2 saturated heterocycles. The van der Waals surface area contributed by atoms with Gasteiger partial charge in [-0.25, -0.2) is 4.52 Å². The Morgan fingerprint density at radius 2 is 1.91 bits per heavy atom. The van der Waals surface area contributed by atoms with Crippen molar-refractivity contribution in [1.82, 2.24) is 29.3 Å². The number of ether oxygens (including phenoxy) is 2. The Morgan fingerprint density at radius 1 is 1.09 bits per heavy atom. The zero-order valence-electron chi connectivity index (χ0n) is 19.7. The van der Waals surface area contributed by atoms with E-state index in [4.69, 9.17) is 9.47 Å². The number of morpholine rings is 1. The quantitative estimate of drug-likeness (QED) is 0.490. The molecule has 1 unspecified atom stereocenters. The molecule has 0 saturated carbocycles. The van der Waals surface area contributed by atoms with Gasteiger partial charge in [-0.05, 0) is 37.7 Å². The molecule has 9 nitrogen and oxygen atoms in total. The molecule has 0 amide bonds. The van der Waals surface area contributed by atoms with Crippen molar-refractivity contribution in [3.63, 3.8) is 0 Å². The van der Waals surface area contributed by atoms with E-state index in [1.165, 1.54) is 0 Å². The zero-order chi connectivity index (χ0) is 23.2. The minimum absolute atomic E-state index is 0.160. The first-order chi connectivity index (χ1) is 16.5. The highest BCUT2D eigenvalue weighted by atomic mass is 16.5. The summed E-state index contributed by atoms with van der Waals surface area (Å²) in [6.07, 6.45) is 9.63. The Labute approximate surface area is 198 Å². The smallest absolute Gasteiger partial charge is 0.153 e. The van der Waals surface area contributed by atoms with Crippen LogP contribution < -0.4 is 10.1 Å². The highest BCUT2D eigenvalue weighted by Crippen LogP contribution is 2.35. The lowest BCUT2D eigenvalue weighted by atomic mass is 9.92. The molecule has 4 aromatic heterocycles. The monoisotopic (exact) mass is 459 g/mol. The van der Waals surface area contributed by atoms with Crippen LogP contribution in [-0.4, -0.2) is 67.7 Å². The summed E-state index contributed by atoms with van der Waals surface area (Å²) in [4.78, 5) is 6.98. The SMILES string of the molecule is Cc1cc(-c2ccn3nc(Nc4cnn(C)c4)cc3c2)c(OC2C[C@H]3COC[C@@H](C2)N3C)cn1. The Hall–Kier alpha value is -3.43. The van der Waals surface area contributed by atoms with Crippen LogP contribution in [-0.2, 0) is 11.8 Å². The lowest BCUT2D eigenvalue weighted by Crippen LogP contribution is -2.57. The molecule has 3 atom stereocenters. The molecule has 1 N–H and O–H groups in total. The molecule has 0 aliphatic carbocycles. The zero-order valence-corrected chi connectivity index (χ0v) is 19.7. The first-order valence-electron chi connectivity index (χ1n) is 11.7. The molecule has 0 radical (unpaired) electrons. The molecule has 0 spiro atoms. The summed E-state index contributed by atoms with van der Waals surface area (Å²) in [5.41, 5.74) is 4.99. The van der Waals surface area contributed by atoms with Gasteiger partial charge in [0.05, 0.1) is 36.8 Å². The fraction of sp³-hybridized carbons (Fsp3) is 0.400. The third-order valence-electron chi connectivity index (χ3n) is 6.89. The van der Waals surface area contributed by atoms with Crippen molar-refractivity contribution in [3.05, 3.63) is 54.7 Å². The molecule has 6 heterocycles. The summed E-state index contributed by atoms with van der Waals surface area (Å²) in [7, 11) is 4.09. The minimum atomic E-state index is 0.160. The Morgan fingerprint density at radius 3 is 2.68 bits per heavy atom.